The van der Waals surface area contributed by atoms with Crippen molar-refractivity contribution in [2.75, 3.05) is 6.61 Å². The predicted octanol–water partition coefficient (Wildman–Crippen LogP) is 3.64. The van der Waals surface area contributed by atoms with E-state index in [0.29, 0.717) is 0 Å². The van der Waals surface area contributed by atoms with Gasteiger partial charge in [-0.2, -0.15) is 0 Å². The van der Waals surface area contributed by atoms with E-state index >= 15 is 0 Å². The summed E-state index contributed by atoms with van der Waals surface area (Å²) in [5.41, 5.74) is 7.65. The van der Waals surface area contributed by atoms with Gasteiger partial charge in [0.05, 0.1) is 12.6 Å². The number of nitrogens with one attached hydrogen (secondary N) is 1. The predicted molar refractivity (Wildman–Crippen MR) is 88.3 cm³/mol. The molecule has 0 aromatic heterocycles. The summed E-state index contributed by atoms with van der Waals surface area (Å²) in [4.78, 5) is 0. The first kappa shape index (κ1) is 14.6. The number of hydrogen-bond donors (Lipinski definition) is 2. The maximum Gasteiger partial charge on any atom is 0.127 e. The molecule has 2 aromatic rings. The number of nitrogens with two attached hydrogens (primary N) is 1. The Hall–Kier alpha value is -1.36. The SMILES string of the molecule is Cc1cc(C(NN)c2cccc3c2OCCC3)ccc1Br. The molecule has 110 valence electrons. The first-order valence-electron chi connectivity index (χ1n) is 7.17. The quantitative estimate of drug-likeness (QED) is 0.658. The average molecular weight is 347 g/mol. The number of aryl methyl sites for hydroxylation is 2. The van der Waals surface area contributed by atoms with Crippen molar-refractivity contribution >= 4 is 15.9 Å². The van der Waals surface area contributed by atoms with E-state index in [-0.39, 0.29) is 6.04 Å². The minimum absolute atomic E-state index is 0.0650. The van der Waals surface area contributed by atoms with Gasteiger partial charge in [0, 0.05) is 10.0 Å². The molecule has 1 aliphatic heterocycles. The fourth-order valence-corrected chi connectivity index (χ4v) is 3.10. The Kier molecular flexibility index (Phi) is 4.29. The van der Waals surface area contributed by atoms with E-state index in [9.17, 15) is 0 Å². The van der Waals surface area contributed by atoms with Gasteiger partial charge in [-0.25, -0.2) is 5.43 Å². The maximum absolute atomic E-state index is 5.91. The van der Waals surface area contributed by atoms with E-state index in [1.54, 1.807) is 0 Å². The lowest BCUT2D eigenvalue weighted by Gasteiger charge is -2.25. The molecule has 0 aliphatic carbocycles. The number of ether oxygens (including phenoxy) is 1. The van der Waals surface area contributed by atoms with E-state index < -0.39 is 0 Å². The lowest BCUT2D eigenvalue weighted by molar-refractivity contribution is 0.283. The van der Waals surface area contributed by atoms with Crippen LogP contribution in [0.4, 0.5) is 0 Å². The zero-order valence-electron chi connectivity index (χ0n) is 12.0. The van der Waals surface area contributed by atoms with Gasteiger partial charge in [-0.3, -0.25) is 5.84 Å². The second-order valence-corrected chi connectivity index (χ2v) is 6.25. The van der Waals surface area contributed by atoms with Crippen LogP contribution in [0.15, 0.2) is 40.9 Å². The molecule has 1 unspecified atom stereocenters. The molecule has 3 nitrogen and oxygen atoms in total. The summed E-state index contributed by atoms with van der Waals surface area (Å²) >= 11 is 3.54. The van der Waals surface area contributed by atoms with Gasteiger partial charge in [0.15, 0.2) is 0 Å². The highest BCUT2D eigenvalue weighted by Gasteiger charge is 2.21. The highest BCUT2D eigenvalue weighted by atomic mass is 79.9. The van der Waals surface area contributed by atoms with Crippen molar-refractivity contribution in [1.29, 1.82) is 0 Å². The summed E-state index contributed by atoms with van der Waals surface area (Å²) in [6.45, 7) is 2.86. The van der Waals surface area contributed by atoms with Crippen LogP contribution in [0.1, 0.15) is 34.7 Å². The van der Waals surface area contributed by atoms with Crippen LogP contribution in [0.5, 0.6) is 5.75 Å². The van der Waals surface area contributed by atoms with Crippen molar-refractivity contribution in [2.45, 2.75) is 25.8 Å². The summed E-state index contributed by atoms with van der Waals surface area (Å²) < 4.78 is 7.01. The van der Waals surface area contributed by atoms with Crippen molar-refractivity contribution < 1.29 is 4.74 Å². The number of rotatable bonds is 3. The largest absolute Gasteiger partial charge is 0.493 e. The number of fused-ring (bicyclic) bond motifs is 1. The molecule has 0 spiro atoms. The molecule has 0 saturated heterocycles. The Labute approximate surface area is 133 Å². The number of benzene rings is 2. The van der Waals surface area contributed by atoms with Crippen molar-refractivity contribution in [3.63, 3.8) is 0 Å². The third-order valence-electron chi connectivity index (χ3n) is 3.96. The molecule has 1 atom stereocenters. The summed E-state index contributed by atoms with van der Waals surface area (Å²) in [5.74, 6) is 6.83. The second kappa shape index (κ2) is 6.18. The number of hydrogen-bond acceptors (Lipinski definition) is 3. The molecule has 21 heavy (non-hydrogen) atoms. The Balaban J connectivity index is 2.06. The topological polar surface area (TPSA) is 47.3 Å². The third-order valence-corrected chi connectivity index (χ3v) is 4.85. The van der Waals surface area contributed by atoms with Gasteiger partial charge < -0.3 is 4.74 Å². The minimum atomic E-state index is -0.0650. The van der Waals surface area contributed by atoms with Gasteiger partial charge in [-0.05, 0) is 42.5 Å². The van der Waals surface area contributed by atoms with Gasteiger partial charge in [-0.1, -0.05) is 46.3 Å². The Morgan fingerprint density at radius 2 is 2.14 bits per heavy atom. The lowest BCUT2D eigenvalue weighted by atomic mass is 9.93. The van der Waals surface area contributed by atoms with E-state index in [0.717, 1.165) is 40.8 Å². The Morgan fingerprint density at radius 3 is 2.90 bits per heavy atom. The van der Waals surface area contributed by atoms with Crippen LogP contribution in [-0.2, 0) is 6.42 Å². The van der Waals surface area contributed by atoms with Gasteiger partial charge in [0.2, 0.25) is 0 Å². The average Bonchev–Trinajstić information content (AvgIpc) is 2.52. The summed E-state index contributed by atoms with van der Waals surface area (Å²) in [6.07, 6.45) is 2.15. The van der Waals surface area contributed by atoms with E-state index in [4.69, 9.17) is 10.6 Å². The smallest absolute Gasteiger partial charge is 0.127 e. The van der Waals surface area contributed by atoms with Crippen LogP contribution in [-0.4, -0.2) is 6.61 Å². The standard InChI is InChI=1S/C17H19BrN2O/c1-11-10-13(7-8-15(11)18)16(20-19)14-6-2-4-12-5-3-9-21-17(12)14/h2,4,6-8,10,16,20H,3,5,9,19H2,1H3. The highest BCUT2D eigenvalue weighted by Crippen LogP contribution is 2.36. The molecule has 4 heteroatoms. The fraction of sp³-hybridized carbons (Fsp3) is 0.294. The van der Waals surface area contributed by atoms with Gasteiger partial charge in [0.25, 0.3) is 0 Å². The fourth-order valence-electron chi connectivity index (χ4n) is 2.85. The molecule has 0 amide bonds. The maximum atomic E-state index is 5.91. The van der Waals surface area contributed by atoms with Gasteiger partial charge in [-0.15, -0.1) is 0 Å². The zero-order valence-corrected chi connectivity index (χ0v) is 13.6. The summed E-state index contributed by atoms with van der Waals surface area (Å²) in [7, 11) is 0. The van der Waals surface area contributed by atoms with Gasteiger partial charge >= 0.3 is 0 Å². The zero-order chi connectivity index (χ0) is 14.8. The molecular weight excluding hydrogens is 328 g/mol. The summed E-state index contributed by atoms with van der Waals surface area (Å²) in [6, 6.07) is 12.5. The third kappa shape index (κ3) is 2.84. The van der Waals surface area contributed by atoms with E-state index in [1.807, 2.05) is 0 Å². The van der Waals surface area contributed by atoms with Crippen LogP contribution in [0, 0.1) is 6.92 Å². The Bertz CT molecular complexity index is 657. The molecule has 1 aliphatic rings. The van der Waals surface area contributed by atoms with Crippen LogP contribution >= 0.6 is 15.9 Å². The minimum Gasteiger partial charge on any atom is -0.493 e. The first-order valence-corrected chi connectivity index (χ1v) is 7.97. The first-order chi connectivity index (χ1) is 10.2. The monoisotopic (exact) mass is 346 g/mol. The van der Waals surface area contributed by atoms with Crippen molar-refractivity contribution in [3.8, 4) is 5.75 Å². The number of para-hydroxylation sites is 1. The molecular formula is C17H19BrN2O. The normalized spacial score (nSPS) is 15.2. The number of hydrazine groups is 1. The highest BCUT2D eigenvalue weighted by molar-refractivity contribution is 9.10. The summed E-state index contributed by atoms with van der Waals surface area (Å²) in [5, 5.41) is 0. The Morgan fingerprint density at radius 1 is 1.29 bits per heavy atom. The number of halogens is 1. The molecule has 0 radical (unpaired) electrons. The van der Waals surface area contributed by atoms with Crippen molar-refractivity contribution in [1.82, 2.24) is 5.43 Å². The molecule has 1 heterocycles. The van der Waals surface area contributed by atoms with Crippen LogP contribution in [0.25, 0.3) is 0 Å². The van der Waals surface area contributed by atoms with Crippen molar-refractivity contribution in [2.24, 2.45) is 5.84 Å². The van der Waals surface area contributed by atoms with Crippen LogP contribution < -0.4 is 16.0 Å². The molecule has 2 aromatic carbocycles. The van der Waals surface area contributed by atoms with E-state index in [1.165, 1.54) is 11.1 Å². The molecule has 0 fully saturated rings. The van der Waals surface area contributed by atoms with Crippen LogP contribution in [0.3, 0.4) is 0 Å². The second-order valence-electron chi connectivity index (χ2n) is 5.40. The molecule has 0 saturated carbocycles. The van der Waals surface area contributed by atoms with E-state index in [2.05, 4.69) is 64.7 Å². The van der Waals surface area contributed by atoms with Crippen LogP contribution in [0.2, 0.25) is 0 Å². The molecule has 3 N–H and O–H groups in total. The molecule has 3 rings (SSSR count). The molecule has 0 bridgehead atoms. The van der Waals surface area contributed by atoms with Crippen molar-refractivity contribution in [3.05, 3.63) is 63.1 Å². The lowest BCUT2D eigenvalue weighted by Crippen LogP contribution is -2.30. The van der Waals surface area contributed by atoms with Gasteiger partial charge in [0.1, 0.15) is 5.75 Å².